The Morgan fingerprint density at radius 1 is 0.966 bits per heavy atom. The minimum atomic E-state index is -0.147. The molecule has 0 saturated carbocycles. The highest BCUT2D eigenvalue weighted by Gasteiger charge is 2.28. The Kier molecular flexibility index (Phi) is 4.36. The minimum absolute atomic E-state index is 0.0729. The molecule has 0 bridgehead atoms. The summed E-state index contributed by atoms with van der Waals surface area (Å²) in [6.45, 7) is 0.663. The van der Waals surface area contributed by atoms with E-state index in [0.717, 1.165) is 51.1 Å². The van der Waals surface area contributed by atoms with Crippen LogP contribution >= 0.6 is 15.9 Å². The standard InChI is InChI=1S/C23H18BrN3O2/c24-14-8-9-17-15(11-14)16(22(28)27-17)12-19-20(13-5-2-1-3-6-13)21-18(26-19)7-4-10-25-23(21)29/h1-3,5-6,8-9,11-12,26H,4,7,10H2,(H,25,29)(H,27,28)/b16-12-. The van der Waals surface area contributed by atoms with E-state index in [-0.39, 0.29) is 11.8 Å². The highest BCUT2D eigenvalue weighted by Crippen LogP contribution is 2.38. The second-order valence-electron chi connectivity index (χ2n) is 7.19. The maximum atomic E-state index is 12.8. The lowest BCUT2D eigenvalue weighted by Gasteiger charge is -2.07. The molecule has 2 aromatic carbocycles. The first kappa shape index (κ1) is 17.9. The number of anilines is 1. The SMILES string of the molecule is O=C1Nc2ccc(Br)cc2/C1=C/c1[nH]c2c(c1-c1ccccc1)C(=O)NCCC2. The molecule has 5 nitrogen and oxygen atoms in total. The Labute approximate surface area is 176 Å². The van der Waals surface area contributed by atoms with E-state index in [0.29, 0.717) is 17.7 Å². The number of aromatic nitrogens is 1. The molecule has 0 unspecified atom stereocenters. The Hall–Kier alpha value is -3.12. The van der Waals surface area contributed by atoms with Crippen molar-refractivity contribution in [2.24, 2.45) is 0 Å². The maximum absolute atomic E-state index is 12.8. The van der Waals surface area contributed by atoms with Gasteiger partial charge < -0.3 is 15.6 Å². The number of H-pyrrole nitrogens is 1. The van der Waals surface area contributed by atoms with Gasteiger partial charge in [0.25, 0.3) is 11.8 Å². The van der Waals surface area contributed by atoms with E-state index in [2.05, 4.69) is 31.5 Å². The molecule has 0 spiro atoms. The number of carbonyl (C=O) groups is 2. The molecule has 0 aliphatic carbocycles. The van der Waals surface area contributed by atoms with Gasteiger partial charge in [-0.15, -0.1) is 0 Å². The van der Waals surface area contributed by atoms with Crippen LogP contribution in [-0.4, -0.2) is 23.3 Å². The number of halogens is 1. The first-order valence-corrected chi connectivity index (χ1v) is 10.3. The summed E-state index contributed by atoms with van der Waals surface area (Å²) in [5.41, 5.74) is 6.36. The number of nitrogens with one attached hydrogen (secondary N) is 3. The van der Waals surface area contributed by atoms with E-state index in [1.807, 2.05) is 54.6 Å². The van der Waals surface area contributed by atoms with Gasteiger partial charge in [-0.25, -0.2) is 0 Å². The first-order chi connectivity index (χ1) is 14.1. The molecular weight excluding hydrogens is 430 g/mol. The van der Waals surface area contributed by atoms with Crippen molar-refractivity contribution in [2.75, 3.05) is 11.9 Å². The monoisotopic (exact) mass is 447 g/mol. The maximum Gasteiger partial charge on any atom is 0.256 e. The zero-order chi connectivity index (χ0) is 20.0. The van der Waals surface area contributed by atoms with Crippen LogP contribution in [0.25, 0.3) is 22.8 Å². The topological polar surface area (TPSA) is 74.0 Å². The summed E-state index contributed by atoms with van der Waals surface area (Å²) in [5, 5.41) is 5.90. The second-order valence-corrected chi connectivity index (χ2v) is 8.11. The molecule has 0 saturated heterocycles. The molecule has 144 valence electrons. The largest absolute Gasteiger partial charge is 0.358 e. The molecule has 6 heteroatoms. The molecule has 3 aromatic rings. The van der Waals surface area contributed by atoms with E-state index in [1.165, 1.54) is 0 Å². The molecule has 0 atom stereocenters. The number of benzene rings is 2. The fourth-order valence-electron chi connectivity index (χ4n) is 4.03. The molecule has 0 radical (unpaired) electrons. The van der Waals surface area contributed by atoms with Gasteiger partial charge in [-0.2, -0.15) is 0 Å². The van der Waals surface area contributed by atoms with Crippen LogP contribution in [0.5, 0.6) is 0 Å². The number of amides is 2. The van der Waals surface area contributed by atoms with Crippen LogP contribution < -0.4 is 10.6 Å². The average molecular weight is 448 g/mol. The van der Waals surface area contributed by atoms with Crippen molar-refractivity contribution in [3.8, 4) is 11.1 Å². The van der Waals surface area contributed by atoms with E-state index in [9.17, 15) is 9.59 Å². The lowest BCUT2D eigenvalue weighted by atomic mass is 9.97. The predicted octanol–water partition coefficient (Wildman–Crippen LogP) is 4.61. The number of aryl methyl sites for hydroxylation is 1. The van der Waals surface area contributed by atoms with Crippen molar-refractivity contribution in [1.82, 2.24) is 10.3 Å². The zero-order valence-electron chi connectivity index (χ0n) is 15.5. The van der Waals surface area contributed by atoms with E-state index >= 15 is 0 Å². The summed E-state index contributed by atoms with van der Waals surface area (Å²) in [5.74, 6) is -0.220. The fraction of sp³-hybridized carbons (Fsp3) is 0.130. The van der Waals surface area contributed by atoms with Gasteiger partial charge in [-0.1, -0.05) is 46.3 Å². The van der Waals surface area contributed by atoms with Crippen molar-refractivity contribution in [1.29, 1.82) is 0 Å². The van der Waals surface area contributed by atoms with Crippen LogP contribution in [0.3, 0.4) is 0 Å². The van der Waals surface area contributed by atoms with E-state index in [1.54, 1.807) is 0 Å². The van der Waals surface area contributed by atoms with Crippen molar-refractivity contribution in [2.45, 2.75) is 12.8 Å². The molecule has 2 amide bonds. The fourth-order valence-corrected chi connectivity index (χ4v) is 4.39. The quantitative estimate of drug-likeness (QED) is 0.501. The van der Waals surface area contributed by atoms with Gasteiger partial charge in [-0.05, 0) is 42.7 Å². The first-order valence-electron chi connectivity index (χ1n) is 9.53. The minimum Gasteiger partial charge on any atom is -0.358 e. The third-order valence-electron chi connectivity index (χ3n) is 5.34. The molecule has 5 rings (SSSR count). The van der Waals surface area contributed by atoms with Gasteiger partial charge in [0.1, 0.15) is 0 Å². The molecule has 2 aliphatic heterocycles. The van der Waals surface area contributed by atoms with Crippen molar-refractivity contribution in [3.05, 3.63) is 75.5 Å². The highest BCUT2D eigenvalue weighted by molar-refractivity contribution is 9.10. The van der Waals surface area contributed by atoms with Gasteiger partial charge in [0, 0.05) is 39.2 Å². The number of hydrogen-bond acceptors (Lipinski definition) is 2. The van der Waals surface area contributed by atoms with Crippen molar-refractivity contribution in [3.63, 3.8) is 0 Å². The Bertz CT molecular complexity index is 1180. The molecule has 2 aliphatic rings. The zero-order valence-corrected chi connectivity index (χ0v) is 17.1. The molecule has 0 fully saturated rings. The Morgan fingerprint density at radius 2 is 1.79 bits per heavy atom. The van der Waals surface area contributed by atoms with E-state index in [4.69, 9.17) is 0 Å². The molecule has 3 heterocycles. The van der Waals surface area contributed by atoms with Gasteiger partial charge in [0.15, 0.2) is 0 Å². The summed E-state index contributed by atoms with van der Waals surface area (Å²) < 4.78 is 0.906. The lowest BCUT2D eigenvalue weighted by Crippen LogP contribution is -2.22. The van der Waals surface area contributed by atoms with Gasteiger partial charge >= 0.3 is 0 Å². The smallest absolute Gasteiger partial charge is 0.256 e. The summed E-state index contributed by atoms with van der Waals surface area (Å²) in [6, 6.07) is 15.6. The summed E-state index contributed by atoms with van der Waals surface area (Å²) in [6.07, 6.45) is 3.52. The third-order valence-corrected chi connectivity index (χ3v) is 5.83. The Morgan fingerprint density at radius 3 is 2.62 bits per heavy atom. The number of fused-ring (bicyclic) bond motifs is 2. The number of aromatic amines is 1. The predicted molar refractivity (Wildman–Crippen MR) is 118 cm³/mol. The van der Waals surface area contributed by atoms with Crippen LogP contribution in [0.4, 0.5) is 5.69 Å². The molecule has 29 heavy (non-hydrogen) atoms. The van der Waals surface area contributed by atoms with Gasteiger partial charge in [0.05, 0.1) is 11.1 Å². The lowest BCUT2D eigenvalue weighted by molar-refractivity contribution is -0.110. The van der Waals surface area contributed by atoms with Crippen LogP contribution in [0.1, 0.15) is 33.7 Å². The Balaban J connectivity index is 1.74. The second kappa shape index (κ2) is 7.04. The van der Waals surface area contributed by atoms with Crippen LogP contribution in [0, 0.1) is 0 Å². The number of carbonyl (C=O) groups excluding carboxylic acids is 2. The average Bonchev–Trinajstić information content (AvgIpc) is 3.17. The highest BCUT2D eigenvalue weighted by atomic mass is 79.9. The number of hydrogen-bond donors (Lipinski definition) is 3. The van der Waals surface area contributed by atoms with Crippen LogP contribution in [0.15, 0.2) is 53.0 Å². The third kappa shape index (κ3) is 3.09. The number of rotatable bonds is 2. The van der Waals surface area contributed by atoms with Crippen molar-refractivity contribution < 1.29 is 9.59 Å². The molecule has 3 N–H and O–H groups in total. The molecule has 1 aromatic heterocycles. The van der Waals surface area contributed by atoms with E-state index < -0.39 is 0 Å². The normalized spacial score (nSPS) is 16.8. The molecular formula is C23H18BrN3O2. The summed E-state index contributed by atoms with van der Waals surface area (Å²) in [4.78, 5) is 28.9. The summed E-state index contributed by atoms with van der Waals surface area (Å²) >= 11 is 3.48. The van der Waals surface area contributed by atoms with Crippen LogP contribution in [-0.2, 0) is 11.2 Å². The van der Waals surface area contributed by atoms with Gasteiger partial charge in [0.2, 0.25) is 0 Å². The summed E-state index contributed by atoms with van der Waals surface area (Å²) in [7, 11) is 0. The van der Waals surface area contributed by atoms with Gasteiger partial charge in [-0.3, -0.25) is 9.59 Å². The van der Waals surface area contributed by atoms with Crippen LogP contribution in [0.2, 0.25) is 0 Å². The van der Waals surface area contributed by atoms with Crippen molar-refractivity contribution >= 4 is 45.1 Å².